The van der Waals surface area contributed by atoms with E-state index in [0.29, 0.717) is 5.84 Å². The Hall–Kier alpha value is -2.01. The smallest absolute Gasteiger partial charge is 0.125 e. The van der Waals surface area contributed by atoms with Crippen molar-refractivity contribution in [1.82, 2.24) is 4.90 Å². The lowest BCUT2D eigenvalue weighted by molar-refractivity contribution is 0.416. The molecule has 0 spiro atoms. The molecule has 5 heteroatoms. The van der Waals surface area contributed by atoms with Crippen molar-refractivity contribution >= 4 is 17.2 Å². The molecule has 4 N–H and O–H groups in total. The molecule has 1 aromatic carbocycles. The average molecular weight is 317 g/mol. The van der Waals surface area contributed by atoms with Gasteiger partial charge in [0.1, 0.15) is 5.84 Å². The van der Waals surface area contributed by atoms with Gasteiger partial charge in [-0.1, -0.05) is 26.8 Å². The molecule has 0 aliphatic heterocycles. The Kier molecular flexibility index (Phi) is 6.63. The number of nitrogens with zero attached hydrogens (tertiary/aromatic N) is 3. The number of aliphatic imine (C=N–C) groups is 1. The normalized spacial score (nSPS) is 13.5. The van der Waals surface area contributed by atoms with Gasteiger partial charge in [0.2, 0.25) is 0 Å². The second-order valence-corrected chi connectivity index (χ2v) is 7.13. The molecule has 0 fully saturated rings. The molecule has 0 aliphatic rings. The molecular formula is C18H31N5. The Balaban J connectivity index is 2.90. The van der Waals surface area contributed by atoms with Gasteiger partial charge in [0, 0.05) is 36.9 Å². The Labute approximate surface area is 140 Å². The summed E-state index contributed by atoms with van der Waals surface area (Å²) in [5.41, 5.74) is 14.6. The summed E-state index contributed by atoms with van der Waals surface area (Å²) < 4.78 is 0. The molecule has 5 nitrogen and oxygen atoms in total. The van der Waals surface area contributed by atoms with E-state index >= 15 is 0 Å². The van der Waals surface area contributed by atoms with Gasteiger partial charge in [0.15, 0.2) is 0 Å². The largest absolute Gasteiger partial charge is 0.401 e. The van der Waals surface area contributed by atoms with Crippen LogP contribution in [0.3, 0.4) is 0 Å². The molecule has 0 atom stereocenters. The maximum Gasteiger partial charge on any atom is 0.125 e. The van der Waals surface area contributed by atoms with Crippen LogP contribution in [0, 0.1) is 5.41 Å². The van der Waals surface area contributed by atoms with E-state index in [9.17, 15) is 0 Å². The molecule has 0 heterocycles. The molecule has 0 saturated heterocycles. The monoisotopic (exact) mass is 317 g/mol. The summed E-state index contributed by atoms with van der Waals surface area (Å²) in [4.78, 5) is 8.82. The first-order valence-electron chi connectivity index (χ1n) is 7.87. The summed E-state index contributed by atoms with van der Waals surface area (Å²) in [5, 5.41) is 0. The number of rotatable bonds is 6. The highest BCUT2D eigenvalue weighted by Crippen LogP contribution is 2.22. The Morgan fingerprint density at radius 3 is 2.35 bits per heavy atom. The van der Waals surface area contributed by atoms with Gasteiger partial charge in [-0.3, -0.25) is 0 Å². The molecule has 0 amide bonds. The van der Waals surface area contributed by atoms with Crippen molar-refractivity contribution in [2.75, 3.05) is 39.1 Å². The highest BCUT2D eigenvalue weighted by molar-refractivity contribution is 5.94. The number of hydrogen-bond donors (Lipinski definition) is 2. The van der Waals surface area contributed by atoms with Crippen LogP contribution < -0.4 is 16.4 Å². The number of anilines is 1. The second-order valence-electron chi connectivity index (χ2n) is 7.13. The lowest BCUT2D eigenvalue weighted by atomic mass is 9.92. The average Bonchev–Trinajstić information content (AvgIpc) is 2.43. The van der Waals surface area contributed by atoms with Crippen LogP contribution in [-0.4, -0.2) is 45.0 Å². The van der Waals surface area contributed by atoms with Crippen molar-refractivity contribution in [3.8, 4) is 0 Å². The van der Waals surface area contributed by atoms with Crippen LogP contribution >= 0.6 is 0 Å². The van der Waals surface area contributed by atoms with Crippen LogP contribution in [0.5, 0.6) is 0 Å². The number of likely N-dealkylation sites (N-methyl/N-ethyl adjacent to an activating group) is 2. The first-order valence-corrected chi connectivity index (χ1v) is 7.87. The summed E-state index contributed by atoms with van der Waals surface area (Å²) in [7, 11) is 6.22. The molecule has 0 aromatic heterocycles. The van der Waals surface area contributed by atoms with Gasteiger partial charge in [-0.25, -0.2) is 4.99 Å². The summed E-state index contributed by atoms with van der Waals surface area (Å²) in [6.07, 6.45) is 1.74. The van der Waals surface area contributed by atoms with E-state index in [2.05, 4.69) is 42.0 Å². The second kappa shape index (κ2) is 8.02. The third-order valence-electron chi connectivity index (χ3n) is 3.58. The lowest BCUT2D eigenvalue weighted by Crippen LogP contribution is -2.28. The summed E-state index contributed by atoms with van der Waals surface area (Å²) in [6, 6.07) is 8.04. The lowest BCUT2D eigenvalue weighted by Gasteiger charge is -2.21. The maximum atomic E-state index is 6.04. The van der Waals surface area contributed by atoms with E-state index in [1.807, 2.05) is 39.0 Å². The quantitative estimate of drug-likeness (QED) is 0.625. The van der Waals surface area contributed by atoms with Crippen molar-refractivity contribution in [3.63, 3.8) is 0 Å². The van der Waals surface area contributed by atoms with Gasteiger partial charge in [-0.2, -0.15) is 0 Å². The van der Waals surface area contributed by atoms with Gasteiger partial charge in [-0.15, -0.1) is 0 Å². The van der Waals surface area contributed by atoms with Crippen molar-refractivity contribution in [2.24, 2.45) is 21.9 Å². The Bertz CT molecular complexity index is 567. The SMILES string of the molecule is CN(C)CCN(C)c1cccc(N=C(N)C=C(N)C(C)(C)C)c1. The predicted molar refractivity (Wildman–Crippen MR) is 101 cm³/mol. The van der Waals surface area contributed by atoms with Gasteiger partial charge in [0.25, 0.3) is 0 Å². The summed E-state index contributed by atoms with van der Waals surface area (Å²) in [5.74, 6) is 0.422. The molecule has 128 valence electrons. The van der Waals surface area contributed by atoms with E-state index in [4.69, 9.17) is 11.5 Å². The molecule has 0 unspecified atom stereocenters. The van der Waals surface area contributed by atoms with Crippen LogP contribution in [0.15, 0.2) is 41.0 Å². The molecule has 1 aromatic rings. The molecule has 0 radical (unpaired) electrons. The zero-order chi connectivity index (χ0) is 17.6. The Morgan fingerprint density at radius 2 is 1.78 bits per heavy atom. The molecule has 23 heavy (non-hydrogen) atoms. The maximum absolute atomic E-state index is 6.04. The van der Waals surface area contributed by atoms with E-state index in [0.717, 1.165) is 30.2 Å². The topological polar surface area (TPSA) is 70.9 Å². The minimum absolute atomic E-state index is 0.117. The van der Waals surface area contributed by atoms with Crippen LogP contribution in [-0.2, 0) is 0 Å². The highest BCUT2D eigenvalue weighted by Gasteiger charge is 2.13. The van der Waals surface area contributed by atoms with Crippen molar-refractivity contribution in [3.05, 3.63) is 36.0 Å². The fourth-order valence-corrected chi connectivity index (χ4v) is 1.84. The Morgan fingerprint density at radius 1 is 1.13 bits per heavy atom. The van der Waals surface area contributed by atoms with E-state index in [-0.39, 0.29) is 5.41 Å². The van der Waals surface area contributed by atoms with Crippen LogP contribution in [0.2, 0.25) is 0 Å². The minimum Gasteiger partial charge on any atom is -0.401 e. The number of nitrogens with two attached hydrogens (primary N) is 2. The van der Waals surface area contributed by atoms with Crippen LogP contribution in [0.25, 0.3) is 0 Å². The number of amidine groups is 1. The standard InChI is InChI=1S/C18H31N5/c1-18(2,3)16(19)13-17(20)21-14-8-7-9-15(12-14)23(6)11-10-22(4)5/h7-9,12-13H,10-11,19H2,1-6H3,(H2,20,21). The van der Waals surface area contributed by atoms with Crippen LogP contribution in [0.1, 0.15) is 20.8 Å². The van der Waals surface area contributed by atoms with Gasteiger partial charge in [-0.05, 0) is 38.4 Å². The van der Waals surface area contributed by atoms with Gasteiger partial charge >= 0.3 is 0 Å². The van der Waals surface area contributed by atoms with Crippen LogP contribution in [0.4, 0.5) is 11.4 Å². The van der Waals surface area contributed by atoms with E-state index in [1.54, 1.807) is 6.08 Å². The summed E-state index contributed by atoms with van der Waals surface area (Å²) >= 11 is 0. The van der Waals surface area contributed by atoms with Gasteiger partial charge in [0.05, 0.1) is 5.69 Å². The van der Waals surface area contributed by atoms with Crippen molar-refractivity contribution in [1.29, 1.82) is 0 Å². The first-order chi connectivity index (χ1) is 10.6. The fraction of sp³-hybridized carbons (Fsp3) is 0.500. The third-order valence-corrected chi connectivity index (χ3v) is 3.58. The zero-order valence-corrected chi connectivity index (χ0v) is 15.3. The highest BCUT2D eigenvalue weighted by atomic mass is 15.2. The number of allylic oxidation sites excluding steroid dienone is 1. The fourth-order valence-electron chi connectivity index (χ4n) is 1.84. The van der Waals surface area contributed by atoms with E-state index < -0.39 is 0 Å². The molecular weight excluding hydrogens is 286 g/mol. The third kappa shape index (κ3) is 6.74. The number of hydrogen-bond acceptors (Lipinski definition) is 4. The first kappa shape index (κ1) is 19.0. The molecule has 0 bridgehead atoms. The number of benzene rings is 1. The predicted octanol–water partition coefficient (Wildman–Crippen LogP) is 2.56. The van der Waals surface area contributed by atoms with E-state index in [1.165, 1.54) is 0 Å². The summed E-state index contributed by atoms with van der Waals surface area (Å²) in [6.45, 7) is 8.09. The molecule has 0 saturated carbocycles. The van der Waals surface area contributed by atoms with Gasteiger partial charge < -0.3 is 21.3 Å². The van der Waals surface area contributed by atoms with Crippen molar-refractivity contribution in [2.45, 2.75) is 20.8 Å². The molecule has 0 aliphatic carbocycles. The zero-order valence-electron chi connectivity index (χ0n) is 15.3. The van der Waals surface area contributed by atoms with Crippen molar-refractivity contribution < 1.29 is 0 Å². The minimum atomic E-state index is -0.117. The molecule has 1 rings (SSSR count).